The number of carbonyl (C=O) groups excluding carboxylic acids is 1. The summed E-state index contributed by atoms with van der Waals surface area (Å²) in [6, 6.07) is 5.63. The second kappa shape index (κ2) is 8.39. The molecule has 1 amide bonds. The number of piperidine rings is 1. The topological polar surface area (TPSA) is 41.1 Å². The maximum atomic E-state index is 12.2. The van der Waals surface area contributed by atoms with Crippen molar-refractivity contribution >= 4 is 41.5 Å². The van der Waals surface area contributed by atoms with Crippen LogP contribution in [-0.2, 0) is 10.2 Å². The Bertz CT molecular complexity index is 514. The summed E-state index contributed by atoms with van der Waals surface area (Å²) in [6.07, 6.45) is 2.03. The highest BCUT2D eigenvalue weighted by Gasteiger charge is 2.25. The number of amides is 1. The lowest BCUT2D eigenvalue weighted by atomic mass is 9.84. The van der Waals surface area contributed by atoms with Crippen molar-refractivity contribution in [2.75, 3.05) is 19.6 Å². The van der Waals surface area contributed by atoms with Crippen LogP contribution in [0.1, 0.15) is 32.3 Å². The van der Waals surface area contributed by atoms with E-state index < -0.39 is 0 Å². The van der Waals surface area contributed by atoms with Gasteiger partial charge in [-0.05, 0) is 37.1 Å². The summed E-state index contributed by atoms with van der Waals surface area (Å²) in [6.45, 7) is 6.55. The molecule has 1 unspecified atom stereocenters. The second-order valence-corrected chi connectivity index (χ2v) is 7.09. The zero-order valence-electron chi connectivity index (χ0n) is 12.9. The summed E-state index contributed by atoms with van der Waals surface area (Å²) in [5.74, 6) is 0.221. The van der Waals surface area contributed by atoms with Crippen molar-refractivity contribution < 1.29 is 4.79 Å². The summed E-state index contributed by atoms with van der Waals surface area (Å²) in [5.41, 5.74) is 0.880. The predicted molar refractivity (Wildman–Crippen MR) is 95.3 cm³/mol. The van der Waals surface area contributed by atoms with Gasteiger partial charge in [0.15, 0.2) is 0 Å². The molecule has 2 N–H and O–H groups in total. The summed E-state index contributed by atoms with van der Waals surface area (Å²) in [7, 11) is 0. The Labute approximate surface area is 148 Å². The standard InChI is InChI=1S/C16H22Cl2N2O.ClH/c1-16(2,12-5-6-13(17)14(18)8-12)10-20-15(21)11-4-3-7-19-9-11;/h5-6,8,11,19H,3-4,7,9-10H2,1-2H3,(H,20,21);1H. The van der Waals surface area contributed by atoms with Crippen molar-refractivity contribution in [1.82, 2.24) is 10.6 Å². The van der Waals surface area contributed by atoms with E-state index in [-0.39, 0.29) is 29.6 Å². The number of hydrogen-bond donors (Lipinski definition) is 2. The van der Waals surface area contributed by atoms with Crippen molar-refractivity contribution in [2.24, 2.45) is 5.92 Å². The smallest absolute Gasteiger partial charge is 0.224 e. The van der Waals surface area contributed by atoms with E-state index in [2.05, 4.69) is 24.5 Å². The van der Waals surface area contributed by atoms with Crippen LogP contribution in [0.25, 0.3) is 0 Å². The third kappa shape index (κ3) is 5.02. The minimum Gasteiger partial charge on any atom is -0.355 e. The molecule has 1 aromatic carbocycles. The van der Waals surface area contributed by atoms with E-state index in [0.29, 0.717) is 16.6 Å². The molecule has 0 saturated carbocycles. The third-order valence-electron chi connectivity index (χ3n) is 4.07. The molecular weight excluding hydrogens is 343 g/mol. The molecule has 3 nitrogen and oxygen atoms in total. The highest BCUT2D eigenvalue weighted by molar-refractivity contribution is 6.42. The monoisotopic (exact) mass is 364 g/mol. The minimum absolute atomic E-state index is 0. The van der Waals surface area contributed by atoms with Gasteiger partial charge in [0, 0.05) is 18.5 Å². The summed E-state index contributed by atoms with van der Waals surface area (Å²) < 4.78 is 0. The van der Waals surface area contributed by atoms with E-state index in [1.807, 2.05) is 12.1 Å². The Balaban J connectivity index is 0.00000242. The first kappa shape index (κ1) is 19.6. The van der Waals surface area contributed by atoms with Gasteiger partial charge in [-0.2, -0.15) is 0 Å². The summed E-state index contributed by atoms with van der Waals surface area (Å²) >= 11 is 12.0. The molecule has 2 rings (SSSR count). The van der Waals surface area contributed by atoms with E-state index in [9.17, 15) is 4.79 Å². The Morgan fingerprint density at radius 3 is 2.68 bits per heavy atom. The third-order valence-corrected chi connectivity index (χ3v) is 4.81. The van der Waals surface area contributed by atoms with Gasteiger partial charge in [0.1, 0.15) is 0 Å². The summed E-state index contributed by atoms with van der Waals surface area (Å²) in [5, 5.41) is 7.43. The van der Waals surface area contributed by atoms with Gasteiger partial charge in [0.2, 0.25) is 5.91 Å². The number of halogens is 3. The van der Waals surface area contributed by atoms with E-state index >= 15 is 0 Å². The maximum Gasteiger partial charge on any atom is 0.224 e. The molecule has 0 aromatic heterocycles. The fraction of sp³-hybridized carbons (Fsp3) is 0.562. The van der Waals surface area contributed by atoms with Crippen molar-refractivity contribution in [1.29, 1.82) is 0 Å². The molecule has 0 spiro atoms. The van der Waals surface area contributed by atoms with Crippen LogP contribution in [0.5, 0.6) is 0 Å². The first-order valence-electron chi connectivity index (χ1n) is 7.34. The van der Waals surface area contributed by atoms with Crippen molar-refractivity contribution in [3.63, 3.8) is 0 Å². The van der Waals surface area contributed by atoms with Gasteiger partial charge in [0.25, 0.3) is 0 Å². The molecule has 1 heterocycles. The molecule has 124 valence electrons. The van der Waals surface area contributed by atoms with Crippen LogP contribution in [-0.4, -0.2) is 25.5 Å². The minimum atomic E-state index is -0.189. The van der Waals surface area contributed by atoms with Gasteiger partial charge in [-0.1, -0.05) is 43.1 Å². The number of nitrogens with one attached hydrogen (secondary N) is 2. The molecule has 1 aliphatic heterocycles. The Morgan fingerprint density at radius 2 is 2.09 bits per heavy atom. The van der Waals surface area contributed by atoms with Crippen LogP contribution in [0.4, 0.5) is 0 Å². The first-order valence-corrected chi connectivity index (χ1v) is 8.10. The van der Waals surface area contributed by atoms with Crippen LogP contribution in [0, 0.1) is 5.92 Å². The van der Waals surface area contributed by atoms with Crippen molar-refractivity contribution in [2.45, 2.75) is 32.1 Å². The van der Waals surface area contributed by atoms with Gasteiger partial charge < -0.3 is 10.6 Å². The first-order chi connectivity index (χ1) is 9.90. The molecule has 1 fully saturated rings. The van der Waals surface area contributed by atoms with Crippen LogP contribution < -0.4 is 10.6 Å². The lowest BCUT2D eigenvalue weighted by Crippen LogP contribution is -2.44. The molecule has 1 aliphatic rings. The van der Waals surface area contributed by atoms with Gasteiger partial charge in [-0.15, -0.1) is 12.4 Å². The lowest BCUT2D eigenvalue weighted by Gasteiger charge is -2.28. The average Bonchev–Trinajstić information content (AvgIpc) is 2.48. The second-order valence-electron chi connectivity index (χ2n) is 6.27. The maximum absolute atomic E-state index is 12.2. The van der Waals surface area contributed by atoms with Crippen molar-refractivity contribution in [3.8, 4) is 0 Å². The van der Waals surface area contributed by atoms with Crippen molar-refractivity contribution in [3.05, 3.63) is 33.8 Å². The van der Waals surface area contributed by atoms with Crippen LogP contribution in [0.15, 0.2) is 18.2 Å². The van der Waals surface area contributed by atoms with Crippen LogP contribution in [0.3, 0.4) is 0 Å². The van der Waals surface area contributed by atoms with Gasteiger partial charge in [-0.25, -0.2) is 0 Å². The average molecular weight is 366 g/mol. The van der Waals surface area contributed by atoms with E-state index in [1.54, 1.807) is 6.07 Å². The van der Waals surface area contributed by atoms with E-state index in [1.165, 1.54) is 0 Å². The number of rotatable bonds is 4. The lowest BCUT2D eigenvalue weighted by molar-refractivity contribution is -0.125. The summed E-state index contributed by atoms with van der Waals surface area (Å²) in [4.78, 5) is 12.2. The van der Waals surface area contributed by atoms with Crippen LogP contribution >= 0.6 is 35.6 Å². The van der Waals surface area contributed by atoms with Gasteiger partial charge in [-0.3, -0.25) is 4.79 Å². The molecular formula is C16H23Cl3N2O. The molecule has 0 bridgehead atoms. The normalized spacial score (nSPS) is 18.5. The largest absolute Gasteiger partial charge is 0.355 e. The number of benzene rings is 1. The predicted octanol–water partition coefficient (Wildman–Crippen LogP) is 3.81. The number of carbonyl (C=O) groups is 1. The van der Waals surface area contributed by atoms with Gasteiger partial charge in [0.05, 0.1) is 16.0 Å². The number of hydrogen-bond acceptors (Lipinski definition) is 2. The van der Waals surface area contributed by atoms with E-state index in [0.717, 1.165) is 31.5 Å². The molecule has 1 atom stereocenters. The Hall–Kier alpha value is -0.480. The molecule has 0 aliphatic carbocycles. The molecule has 1 aromatic rings. The molecule has 22 heavy (non-hydrogen) atoms. The fourth-order valence-corrected chi connectivity index (χ4v) is 2.85. The molecule has 1 saturated heterocycles. The Kier molecular flexibility index (Phi) is 7.47. The SMILES string of the molecule is CC(C)(CNC(=O)C1CCCNC1)c1ccc(Cl)c(Cl)c1.Cl. The zero-order chi connectivity index (χ0) is 15.5. The molecule has 6 heteroatoms. The zero-order valence-corrected chi connectivity index (χ0v) is 15.2. The van der Waals surface area contributed by atoms with Crippen LogP contribution in [0.2, 0.25) is 10.0 Å². The van der Waals surface area contributed by atoms with E-state index in [4.69, 9.17) is 23.2 Å². The highest BCUT2D eigenvalue weighted by atomic mass is 35.5. The van der Waals surface area contributed by atoms with Gasteiger partial charge >= 0.3 is 0 Å². The fourth-order valence-electron chi connectivity index (χ4n) is 2.55. The highest BCUT2D eigenvalue weighted by Crippen LogP contribution is 2.29. The molecule has 0 radical (unpaired) electrons. The Morgan fingerprint density at radius 1 is 1.36 bits per heavy atom. The quantitative estimate of drug-likeness (QED) is 0.852.